The molecule has 5 heteroatoms. The largest absolute Gasteiger partial charge is 0.411 e. The van der Waals surface area contributed by atoms with Crippen molar-refractivity contribution in [2.24, 2.45) is 0 Å². The number of thioether (sulfide) groups is 1. The van der Waals surface area contributed by atoms with Gasteiger partial charge in [0, 0.05) is 25.0 Å². The summed E-state index contributed by atoms with van der Waals surface area (Å²) in [6, 6.07) is 8.30. The van der Waals surface area contributed by atoms with Gasteiger partial charge in [0.2, 0.25) is 5.89 Å². The number of hydrogen-bond acceptors (Lipinski definition) is 5. The Labute approximate surface area is 130 Å². The lowest BCUT2D eigenvalue weighted by Gasteiger charge is -2.18. The van der Waals surface area contributed by atoms with Gasteiger partial charge in [-0.05, 0) is 29.5 Å². The number of methoxy groups -OCH3 is 1. The van der Waals surface area contributed by atoms with E-state index in [0.29, 0.717) is 11.1 Å². The molecule has 0 saturated carbocycles. The van der Waals surface area contributed by atoms with Crippen molar-refractivity contribution in [2.75, 3.05) is 19.5 Å². The Morgan fingerprint density at radius 2 is 1.86 bits per heavy atom. The minimum Gasteiger partial charge on any atom is -0.411 e. The molecular formula is C16H22N2O2S. The molecule has 114 valence electrons. The van der Waals surface area contributed by atoms with Crippen LogP contribution in [0.25, 0.3) is 11.5 Å². The van der Waals surface area contributed by atoms with Crippen LogP contribution in [0.3, 0.4) is 0 Å². The summed E-state index contributed by atoms with van der Waals surface area (Å²) in [5.41, 5.74) is 2.40. The van der Waals surface area contributed by atoms with E-state index in [2.05, 4.69) is 43.1 Å². The van der Waals surface area contributed by atoms with Gasteiger partial charge in [0.1, 0.15) is 0 Å². The fraction of sp³-hybridized carbons (Fsp3) is 0.500. The van der Waals surface area contributed by atoms with Crippen molar-refractivity contribution in [1.82, 2.24) is 10.2 Å². The molecule has 2 rings (SSSR count). The summed E-state index contributed by atoms with van der Waals surface area (Å²) < 4.78 is 10.7. The molecule has 2 aromatic rings. The number of benzene rings is 1. The van der Waals surface area contributed by atoms with E-state index < -0.39 is 0 Å². The molecule has 4 nitrogen and oxygen atoms in total. The van der Waals surface area contributed by atoms with Crippen molar-refractivity contribution in [2.45, 2.75) is 37.8 Å². The third-order valence-electron chi connectivity index (χ3n) is 3.12. The van der Waals surface area contributed by atoms with Crippen molar-refractivity contribution in [3.63, 3.8) is 0 Å². The molecule has 0 aliphatic rings. The van der Waals surface area contributed by atoms with Gasteiger partial charge < -0.3 is 9.15 Å². The van der Waals surface area contributed by atoms with Crippen LogP contribution in [0.4, 0.5) is 0 Å². The Kier molecular flexibility index (Phi) is 5.42. The molecule has 0 spiro atoms. The van der Waals surface area contributed by atoms with Crippen molar-refractivity contribution in [1.29, 1.82) is 0 Å². The monoisotopic (exact) mass is 306 g/mol. The highest BCUT2D eigenvalue weighted by molar-refractivity contribution is 7.99. The quantitative estimate of drug-likeness (QED) is 0.592. The Balaban J connectivity index is 2.00. The predicted octanol–water partition coefficient (Wildman–Crippen LogP) is 4.16. The van der Waals surface area contributed by atoms with E-state index in [0.717, 1.165) is 24.3 Å². The maximum absolute atomic E-state index is 5.68. The molecule has 0 atom stereocenters. The summed E-state index contributed by atoms with van der Waals surface area (Å²) >= 11 is 1.56. The number of nitrogens with zero attached hydrogens (tertiary/aromatic N) is 2. The summed E-state index contributed by atoms with van der Waals surface area (Å²) in [6.07, 6.45) is 0.971. The van der Waals surface area contributed by atoms with E-state index in [1.807, 2.05) is 12.1 Å². The number of rotatable bonds is 6. The molecule has 0 bridgehead atoms. The summed E-state index contributed by atoms with van der Waals surface area (Å²) in [7, 11) is 1.71. The topological polar surface area (TPSA) is 48.2 Å². The molecule has 0 unspecified atom stereocenters. The first-order chi connectivity index (χ1) is 10.0. The van der Waals surface area contributed by atoms with Crippen LogP contribution in [0.2, 0.25) is 0 Å². The molecule has 0 fully saturated rings. The van der Waals surface area contributed by atoms with E-state index >= 15 is 0 Å². The predicted molar refractivity (Wildman–Crippen MR) is 85.7 cm³/mol. The number of ether oxygens (including phenoxy) is 1. The normalized spacial score (nSPS) is 11.8. The molecular weight excluding hydrogens is 284 g/mol. The Bertz CT molecular complexity index is 558. The van der Waals surface area contributed by atoms with Gasteiger partial charge in [-0.25, -0.2) is 0 Å². The highest BCUT2D eigenvalue weighted by atomic mass is 32.2. The molecule has 21 heavy (non-hydrogen) atoms. The van der Waals surface area contributed by atoms with Gasteiger partial charge in [-0.2, -0.15) is 0 Å². The molecule has 0 aliphatic carbocycles. The highest BCUT2D eigenvalue weighted by Crippen LogP contribution is 2.27. The number of hydrogen-bond donors (Lipinski definition) is 0. The first-order valence-corrected chi connectivity index (χ1v) is 8.05. The van der Waals surface area contributed by atoms with Crippen molar-refractivity contribution < 1.29 is 9.15 Å². The van der Waals surface area contributed by atoms with Crippen LogP contribution in [0.15, 0.2) is 33.9 Å². The van der Waals surface area contributed by atoms with E-state index in [1.165, 1.54) is 5.56 Å². The Hall–Kier alpha value is -1.33. The Morgan fingerprint density at radius 1 is 1.14 bits per heavy atom. The molecule has 0 aliphatic heterocycles. The molecule has 1 heterocycles. The summed E-state index contributed by atoms with van der Waals surface area (Å²) in [6.45, 7) is 7.35. The maximum atomic E-state index is 5.68. The minimum atomic E-state index is 0.149. The molecule has 0 radical (unpaired) electrons. The van der Waals surface area contributed by atoms with Crippen molar-refractivity contribution in [3.05, 3.63) is 29.8 Å². The molecule has 0 N–H and O–H groups in total. The molecule has 0 amide bonds. The van der Waals surface area contributed by atoms with Gasteiger partial charge in [0.25, 0.3) is 5.22 Å². The second-order valence-corrected chi connectivity index (χ2v) is 6.94. The van der Waals surface area contributed by atoms with Crippen LogP contribution in [0.5, 0.6) is 0 Å². The fourth-order valence-corrected chi connectivity index (χ4v) is 2.53. The third-order valence-corrected chi connectivity index (χ3v) is 4.03. The van der Waals surface area contributed by atoms with E-state index in [1.54, 1.807) is 18.9 Å². The van der Waals surface area contributed by atoms with E-state index in [-0.39, 0.29) is 5.41 Å². The van der Waals surface area contributed by atoms with Crippen molar-refractivity contribution in [3.8, 4) is 11.5 Å². The zero-order valence-corrected chi connectivity index (χ0v) is 13.9. The highest BCUT2D eigenvalue weighted by Gasteiger charge is 2.14. The minimum absolute atomic E-state index is 0.149. The molecule has 1 aromatic heterocycles. The maximum Gasteiger partial charge on any atom is 0.276 e. The molecule has 0 saturated heterocycles. The third kappa shape index (κ3) is 4.58. The first kappa shape index (κ1) is 16.0. The van der Waals surface area contributed by atoms with Crippen molar-refractivity contribution >= 4 is 11.8 Å². The average Bonchev–Trinajstić information content (AvgIpc) is 2.92. The zero-order valence-electron chi connectivity index (χ0n) is 13.0. The van der Waals surface area contributed by atoms with Gasteiger partial charge in [-0.1, -0.05) is 44.7 Å². The van der Waals surface area contributed by atoms with Crippen LogP contribution in [0.1, 0.15) is 32.8 Å². The van der Waals surface area contributed by atoms with Crippen LogP contribution in [-0.4, -0.2) is 29.7 Å². The summed E-state index contributed by atoms with van der Waals surface area (Å²) in [4.78, 5) is 0. The fourth-order valence-electron chi connectivity index (χ4n) is 1.86. The van der Waals surface area contributed by atoms with E-state index in [4.69, 9.17) is 9.15 Å². The average molecular weight is 306 g/mol. The lowest BCUT2D eigenvalue weighted by atomic mass is 9.87. The van der Waals surface area contributed by atoms with Crippen LogP contribution >= 0.6 is 11.8 Å². The SMILES string of the molecule is COCCCSc1nnc(-c2ccc(C(C)(C)C)cc2)o1. The molecule has 1 aromatic carbocycles. The lowest BCUT2D eigenvalue weighted by molar-refractivity contribution is 0.200. The van der Waals surface area contributed by atoms with Gasteiger partial charge in [0.05, 0.1) is 0 Å². The zero-order chi connectivity index (χ0) is 15.3. The summed E-state index contributed by atoms with van der Waals surface area (Å²) in [5.74, 6) is 1.49. The smallest absolute Gasteiger partial charge is 0.276 e. The second kappa shape index (κ2) is 7.09. The van der Waals surface area contributed by atoms with Crippen LogP contribution in [0, 0.1) is 0 Å². The first-order valence-electron chi connectivity index (χ1n) is 7.07. The van der Waals surface area contributed by atoms with Gasteiger partial charge in [0.15, 0.2) is 0 Å². The Morgan fingerprint density at radius 3 is 2.48 bits per heavy atom. The number of aromatic nitrogens is 2. The standard InChI is InChI=1S/C16H22N2O2S/c1-16(2,3)13-8-6-12(7-9-13)14-17-18-15(20-14)21-11-5-10-19-4/h6-9H,5,10-11H2,1-4H3. The van der Waals surface area contributed by atoms with E-state index in [9.17, 15) is 0 Å². The van der Waals surface area contributed by atoms with Gasteiger partial charge >= 0.3 is 0 Å². The second-order valence-electron chi connectivity index (χ2n) is 5.90. The van der Waals surface area contributed by atoms with Crippen LogP contribution < -0.4 is 0 Å². The lowest BCUT2D eigenvalue weighted by Crippen LogP contribution is -2.10. The van der Waals surface area contributed by atoms with Crippen LogP contribution in [-0.2, 0) is 10.2 Å². The van der Waals surface area contributed by atoms with Gasteiger partial charge in [-0.3, -0.25) is 0 Å². The van der Waals surface area contributed by atoms with Gasteiger partial charge in [-0.15, -0.1) is 10.2 Å². The summed E-state index contributed by atoms with van der Waals surface area (Å²) in [5, 5.41) is 8.79.